The van der Waals surface area contributed by atoms with Crippen LogP contribution in [-0.4, -0.2) is 70.5 Å². The first-order valence-electron chi connectivity index (χ1n) is 23.3. The quantitative estimate of drug-likeness (QED) is 0.0505. The number of para-hydroxylation sites is 4. The Balaban J connectivity index is 0.000000126. The zero-order chi connectivity index (χ0) is 47.7. The molecule has 0 spiro atoms. The largest absolute Gasteiger partial charge is 0.467 e. The normalized spacial score (nSPS) is 26.7. The van der Waals surface area contributed by atoms with Crippen molar-refractivity contribution in [2.75, 3.05) is 7.11 Å². The van der Waals surface area contributed by atoms with E-state index in [1.165, 1.54) is 7.11 Å². The molecule has 10 heterocycles. The van der Waals surface area contributed by atoms with Gasteiger partial charge in [-0.3, -0.25) is 19.8 Å². The van der Waals surface area contributed by atoms with E-state index in [0.717, 1.165) is 98.4 Å². The van der Waals surface area contributed by atoms with E-state index in [4.69, 9.17) is 20.1 Å². The highest BCUT2D eigenvalue weighted by Crippen LogP contribution is 2.60. The van der Waals surface area contributed by atoms with Crippen molar-refractivity contribution in [1.82, 2.24) is 34.3 Å². The van der Waals surface area contributed by atoms with Gasteiger partial charge in [-0.1, -0.05) is 72.8 Å². The summed E-state index contributed by atoms with van der Waals surface area (Å²) < 4.78 is 26.5. The highest BCUT2D eigenvalue weighted by atomic mass is 16.6. The first kappa shape index (κ1) is 40.1. The number of fused-ring (bicyclic) bond motifs is 26. The molecule has 6 aliphatic heterocycles. The van der Waals surface area contributed by atoms with Gasteiger partial charge in [-0.2, -0.15) is 0 Å². The van der Waals surface area contributed by atoms with Gasteiger partial charge in [0, 0.05) is 69.0 Å². The number of aliphatic hydroxyl groups is 2. The molecule has 10 aromatic rings. The minimum absolute atomic E-state index is 0.00295. The predicted molar refractivity (Wildman–Crippen MR) is 258 cm³/mol. The van der Waals surface area contributed by atoms with Crippen LogP contribution < -0.4 is 21.9 Å². The molecule has 0 saturated carbocycles. The molecular formula is C53H42N8O9. The number of carbonyl (C=O) groups excluding carboxylic acids is 4. The molecule has 0 unspecified atom stereocenters. The number of methoxy groups -OCH3 is 1. The average molecular weight is 935 g/mol. The van der Waals surface area contributed by atoms with Crippen molar-refractivity contribution in [1.29, 1.82) is 0 Å². The van der Waals surface area contributed by atoms with Crippen LogP contribution in [0.1, 0.15) is 71.0 Å². The molecule has 7 N–H and O–H groups in total. The maximum absolute atomic E-state index is 13.2. The van der Waals surface area contributed by atoms with Crippen LogP contribution in [0.2, 0.25) is 0 Å². The lowest BCUT2D eigenvalue weighted by atomic mass is 9.88. The Morgan fingerprint density at radius 3 is 1.43 bits per heavy atom. The monoisotopic (exact) mass is 934 g/mol. The van der Waals surface area contributed by atoms with Gasteiger partial charge in [0.15, 0.2) is 17.1 Å². The molecule has 6 aromatic carbocycles. The number of aromatic nitrogens is 4. The van der Waals surface area contributed by atoms with E-state index in [0.29, 0.717) is 24.2 Å². The number of benzene rings is 6. The Hall–Kier alpha value is -7.80. The lowest BCUT2D eigenvalue weighted by molar-refractivity contribution is -0.202. The van der Waals surface area contributed by atoms with E-state index in [9.17, 15) is 29.4 Å². The molecule has 4 aromatic heterocycles. The third-order valence-corrected chi connectivity index (χ3v) is 16.7. The second kappa shape index (κ2) is 12.7. The van der Waals surface area contributed by atoms with Crippen LogP contribution in [0.3, 0.4) is 0 Å². The fourth-order valence-corrected chi connectivity index (χ4v) is 13.8. The van der Waals surface area contributed by atoms with Crippen molar-refractivity contribution in [3.8, 4) is 0 Å². The number of nitrogens with two attached hydrogens (primary N) is 1. The number of hydrogen-bond acceptors (Lipinski definition) is 10. The van der Waals surface area contributed by atoms with Crippen LogP contribution in [0.5, 0.6) is 0 Å². The number of amides is 3. The molecule has 17 heteroatoms. The second-order valence-corrected chi connectivity index (χ2v) is 19.7. The van der Waals surface area contributed by atoms with Gasteiger partial charge in [-0.05, 0) is 49.2 Å². The number of nitrogens with one attached hydrogen (secondary N) is 3. The molecule has 70 heavy (non-hydrogen) atoms. The maximum atomic E-state index is 13.2. The zero-order valence-electron chi connectivity index (χ0n) is 37.8. The second-order valence-electron chi connectivity index (χ2n) is 19.7. The molecule has 0 aliphatic carbocycles. The lowest BCUT2D eigenvalue weighted by Crippen LogP contribution is -2.60. The summed E-state index contributed by atoms with van der Waals surface area (Å²) in [7, 11) is 1.28. The van der Waals surface area contributed by atoms with Crippen LogP contribution in [0.25, 0.3) is 87.2 Å². The summed E-state index contributed by atoms with van der Waals surface area (Å²) >= 11 is 0. The fourth-order valence-electron chi connectivity index (χ4n) is 13.8. The molecule has 0 radical (unpaired) electrons. The predicted octanol–water partition coefficient (Wildman–Crippen LogP) is 6.13. The molecular weight excluding hydrogens is 893 g/mol. The van der Waals surface area contributed by atoms with Gasteiger partial charge >= 0.3 is 5.97 Å². The van der Waals surface area contributed by atoms with Gasteiger partial charge in [-0.25, -0.2) is 10.6 Å². The smallest absolute Gasteiger partial charge is 0.343 e. The molecule has 2 fully saturated rings. The van der Waals surface area contributed by atoms with Gasteiger partial charge in [0.2, 0.25) is 5.60 Å². The summed E-state index contributed by atoms with van der Waals surface area (Å²) in [5.74, 6) is 3.93. The molecule has 17 nitrogen and oxygen atoms in total. The molecule has 348 valence electrons. The average Bonchev–Trinajstić information content (AvgIpc) is 4.25. The third-order valence-electron chi connectivity index (χ3n) is 16.7. The first-order valence-corrected chi connectivity index (χ1v) is 23.3. The fraction of sp³-hybridized carbons (Fsp3) is 0.245. The Morgan fingerprint density at radius 1 is 0.614 bits per heavy atom. The Bertz CT molecular complexity index is 3930. The van der Waals surface area contributed by atoms with E-state index >= 15 is 0 Å². The summed E-state index contributed by atoms with van der Waals surface area (Å²) in [6, 6.07) is 31.5. The van der Waals surface area contributed by atoms with E-state index in [1.807, 2.05) is 111 Å². The van der Waals surface area contributed by atoms with E-state index in [1.54, 1.807) is 13.8 Å². The Morgan fingerprint density at radius 2 is 1.00 bits per heavy atom. The minimum atomic E-state index is -1.94. The van der Waals surface area contributed by atoms with Crippen molar-refractivity contribution in [3.05, 3.63) is 119 Å². The SMILES string of the molecule is COC(=O)[C@@]1(O)C[C@H]2O[C@]1(C)n1c3ccccc3c3c4c(c5c6ccccc6n2c5c31)C(=O)NC4.C[C@]12O[C@H](C[C@]1(O)C(=O)NN)n1c3ccccc3c3c4c(c5c6ccccc6n2c5c31)CNC4=O. The van der Waals surface area contributed by atoms with Crippen LogP contribution in [-0.2, 0) is 48.3 Å². The van der Waals surface area contributed by atoms with E-state index < -0.39 is 47.0 Å². The van der Waals surface area contributed by atoms with Crippen molar-refractivity contribution >= 4 is 111 Å². The van der Waals surface area contributed by atoms with Crippen molar-refractivity contribution in [2.24, 2.45) is 5.84 Å². The van der Waals surface area contributed by atoms with Gasteiger partial charge in [0.05, 0.1) is 62.4 Å². The molecule has 6 aliphatic rings. The first-order chi connectivity index (χ1) is 33.8. The van der Waals surface area contributed by atoms with E-state index in [2.05, 4.69) is 20.6 Å². The highest BCUT2D eigenvalue weighted by molar-refractivity contribution is 6.32. The summed E-state index contributed by atoms with van der Waals surface area (Å²) in [6.07, 6.45) is -1.29. The number of nitrogens with zero attached hydrogens (tertiary/aromatic N) is 4. The molecule has 4 bridgehead atoms. The summed E-state index contributed by atoms with van der Waals surface area (Å²) in [5.41, 5.74) is 5.44. The molecule has 3 amide bonds. The summed E-state index contributed by atoms with van der Waals surface area (Å²) in [5, 5.41) is 37.3. The number of hydrogen-bond donors (Lipinski definition) is 6. The summed E-state index contributed by atoms with van der Waals surface area (Å²) in [4.78, 5) is 52.7. The minimum Gasteiger partial charge on any atom is -0.467 e. The van der Waals surface area contributed by atoms with Gasteiger partial charge in [0.25, 0.3) is 17.7 Å². The number of esters is 1. The van der Waals surface area contributed by atoms with Crippen LogP contribution >= 0.6 is 0 Å². The zero-order valence-corrected chi connectivity index (χ0v) is 37.8. The molecule has 2 saturated heterocycles. The van der Waals surface area contributed by atoms with Crippen LogP contribution in [0.15, 0.2) is 97.1 Å². The van der Waals surface area contributed by atoms with Crippen molar-refractivity contribution in [3.63, 3.8) is 0 Å². The number of hydrazine groups is 1. The Labute approximate surface area is 394 Å². The van der Waals surface area contributed by atoms with Crippen LogP contribution in [0, 0.1) is 0 Å². The van der Waals surface area contributed by atoms with E-state index in [-0.39, 0.29) is 24.7 Å². The topological polar surface area (TPSA) is 218 Å². The maximum Gasteiger partial charge on any atom is 0.343 e. The van der Waals surface area contributed by atoms with Crippen molar-refractivity contribution in [2.45, 2.75) is 74.9 Å². The lowest BCUT2D eigenvalue weighted by Gasteiger charge is -2.38. The van der Waals surface area contributed by atoms with Crippen molar-refractivity contribution < 1.29 is 43.6 Å². The molecule has 6 atom stereocenters. The number of carbonyl (C=O) groups is 4. The van der Waals surface area contributed by atoms with Gasteiger partial charge < -0.3 is 53.3 Å². The molecule has 16 rings (SSSR count). The highest BCUT2D eigenvalue weighted by Gasteiger charge is 2.67. The standard InChI is InChI=1S/C27H21N3O5.C26H21N5O4/c1-26-27(33,25(32)34-2)11-18(35-26)29-16-9-5-3-7-13(16)20-21-15(12-28-24(21)31)19-14-8-4-6-10-17(14)30(26)23(19)22(20)29;1-25-26(34,24(33)29-27)10-17(35-25)30-15-8-4-2-6-12(15)19-20-14(11-28-23(20)32)18-13-7-3-5-9-16(13)31(25)22(18)21(19)30/h3-10,18,33H,11-12H2,1-2H3,(H,28,31);2-9,17,34H,10-11,27H2,1H3,(H,28,32)(H,29,33)/t18-,26+,27+;17-,25+,26+/m11/s1. The van der Waals surface area contributed by atoms with Crippen LogP contribution in [0.4, 0.5) is 0 Å². The van der Waals surface area contributed by atoms with Gasteiger partial charge in [0.1, 0.15) is 12.5 Å². The summed E-state index contributed by atoms with van der Waals surface area (Å²) in [6.45, 7) is 4.32. The third kappa shape index (κ3) is 4.20. The number of rotatable bonds is 2. The Kier molecular flexibility index (Phi) is 7.27. The van der Waals surface area contributed by atoms with Gasteiger partial charge in [-0.15, -0.1) is 0 Å². The number of ether oxygens (including phenoxy) is 3.